The van der Waals surface area contributed by atoms with Gasteiger partial charge in [-0.15, -0.1) is 0 Å². The van der Waals surface area contributed by atoms with E-state index in [2.05, 4.69) is 15.0 Å². The van der Waals surface area contributed by atoms with Gasteiger partial charge in [-0.2, -0.15) is 18.2 Å². The normalized spacial score (nSPS) is 18.0. The maximum absolute atomic E-state index is 16.0. The van der Waals surface area contributed by atoms with E-state index >= 15 is 4.39 Å². The Morgan fingerprint density at radius 2 is 1.74 bits per heavy atom. The number of carbonyl (C=O) groups excluding carboxylic acids is 1. The average molecular weight is 657 g/mol. The van der Waals surface area contributed by atoms with Crippen molar-refractivity contribution < 1.29 is 32.2 Å². The summed E-state index contributed by atoms with van der Waals surface area (Å²) in [6, 6.07) is 7.59. The van der Waals surface area contributed by atoms with Crippen LogP contribution in [0.25, 0.3) is 28.0 Å². The van der Waals surface area contributed by atoms with E-state index in [0.29, 0.717) is 0 Å². The smallest absolute Gasteiger partial charge is 0.410 e. The summed E-state index contributed by atoms with van der Waals surface area (Å²) in [4.78, 5) is 43.1. The number of rotatable bonds is 4. The van der Waals surface area contributed by atoms with Crippen LogP contribution in [-0.2, 0) is 4.74 Å². The molecule has 47 heavy (non-hydrogen) atoms. The van der Waals surface area contributed by atoms with Gasteiger partial charge in [-0.05, 0) is 78.3 Å². The first-order valence-corrected chi connectivity index (χ1v) is 15.1. The van der Waals surface area contributed by atoms with E-state index in [1.807, 2.05) is 0 Å². The van der Waals surface area contributed by atoms with E-state index in [1.165, 1.54) is 31.3 Å². The van der Waals surface area contributed by atoms with Crippen LogP contribution in [0.15, 0.2) is 47.4 Å². The Bertz CT molecular complexity index is 1910. The zero-order valence-electron chi connectivity index (χ0n) is 27.1. The van der Waals surface area contributed by atoms with Gasteiger partial charge in [0, 0.05) is 36.9 Å². The van der Waals surface area contributed by atoms with Crippen LogP contribution in [0.5, 0.6) is 5.75 Å². The Balaban J connectivity index is 1.77. The van der Waals surface area contributed by atoms with Gasteiger partial charge in [0.25, 0.3) is 0 Å². The second-order valence-corrected chi connectivity index (χ2v) is 12.9. The number of aromatic hydroxyl groups is 1. The maximum atomic E-state index is 16.0. The van der Waals surface area contributed by atoms with Crippen molar-refractivity contribution in [2.75, 3.05) is 18.0 Å². The van der Waals surface area contributed by atoms with E-state index in [-0.39, 0.29) is 58.2 Å². The molecule has 0 spiro atoms. The van der Waals surface area contributed by atoms with Gasteiger partial charge in [-0.25, -0.2) is 23.5 Å². The fourth-order valence-electron chi connectivity index (χ4n) is 5.72. The number of pyridine rings is 2. The third-order valence-corrected chi connectivity index (χ3v) is 8.13. The molecule has 250 valence electrons. The molecule has 4 heterocycles. The molecule has 1 unspecified atom stereocenters. The minimum Gasteiger partial charge on any atom is -0.507 e. The summed E-state index contributed by atoms with van der Waals surface area (Å²) in [5.74, 6) is -3.16. The number of piperazine rings is 1. The number of alkyl halides is 3. The summed E-state index contributed by atoms with van der Waals surface area (Å²) in [7, 11) is 0. The second-order valence-electron chi connectivity index (χ2n) is 12.9. The predicted octanol–water partition coefficient (Wildman–Crippen LogP) is 6.50. The SMILES string of the molecule is Cc1ccnc(C(C)C(F)(F)F)c1-n1c(=O)nc(N2C[C@@H](C)N(C(=O)OC(C)(C)C)C[C@@H]2C)c2cc(F)c(-c3ccccc3O)nc21. The highest BCUT2D eigenvalue weighted by atomic mass is 19.4. The van der Waals surface area contributed by atoms with Crippen LogP contribution >= 0.6 is 0 Å². The number of phenolic OH excluding ortho intramolecular Hbond substituents is 1. The summed E-state index contributed by atoms with van der Waals surface area (Å²) in [5, 5.41) is 10.6. The molecule has 0 aliphatic carbocycles. The van der Waals surface area contributed by atoms with Gasteiger partial charge in [0.1, 0.15) is 22.9 Å². The third-order valence-electron chi connectivity index (χ3n) is 8.13. The number of hydrogen-bond acceptors (Lipinski definition) is 8. The minimum absolute atomic E-state index is 0.0176. The molecule has 3 aromatic heterocycles. The largest absolute Gasteiger partial charge is 0.507 e. The molecule has 0 bridgehead atoms. The van der Waals surface area contributed by atoms with Crippen LogP contribution < -0.4 is 10.6 Å². The molecular weight excluding hydrogens is 620 g/mol. The molecule has 3 atom stereocenters. The lowest BCUT2D eigenvalue weighted by Gasteiger charge is -2.44. The van der Waals surface area contributed by atoms with Crippen molar-refractivity contribution in [3.8, 4) is 22.7 Å². The molecule has 1 N–H and O–H groups in total. The predicted molar refractivity (Wildman–Crippen MR) is 168 cm³/mol. The average Bonchev–Trinajstić information content (AvgIpc) is 2.97. The number of ether oxygens (including phenoxy) is 1. The van der Waals surface area contributed by atoms with Crippen LogP contribution in [0.2, 0.25) is 0 Å². The van der Waals surface area contributed by atoms with Gasteiger partial charge in [-0.3, -0.25) is 4.98 Å². The number of benzene rings is 1. The number of anilines is 1. The van der Waals surface area contributed by atoms with Crippen LogP contribution in [-0.4, -0.2) is 72.6 Å². The van der Waals surface area contributed by atoms with Crippen LogP contribution in [0, 0.1) is 12.7 Å². The standard InChI is InChI=1S/C33H36F4N6O4/c1-17-12-13-38-25(20(4)33(35,36)37)27(17)43-29-22(14-23(34)26(39-29)21-10-8-9-11-24(21)44)28(40-30(43)45)41-15-19(3)42(16-18(41)2)31(46)47-32(5,6)7/h8-14,18-20,44H,15-16H2,1-7H3/t18-,19+,20?/m0/s1. The summed E-state index contributed by atoms with van der Waals surface area (Å²) in [6.07, 6.45) is -3.98. The van der Waals surface area contributed by atoms with Crippen molar-refractivity contribution >= 4 is 22.9 Å². The lowest BCUT2D eigenvalue weighted by molar-refractivity contribution is -0.147. The number of amides is 1. The van der Waals surface area contributed by atoms with Crippen molar-refractivity contribution in [1.29, 1.82) is 0 Å². The molecule has 1 saturated heterocycles. The van der Waals surface area contributed by atoms with Crippen LogP contribution in [0.3, 0.4) is 0 Å². The molecule has 1 amide bonds. The number of halogens is 4. The van der Waals surface area contributed by atoms with E-state index in [1.54, 1.807) is 56.6 Å². The number of fused-ring (bicyclic) bond motifs is 1. The Hall–Kier alpha value is -4.75. The van der Waals surface area contributed by atoms with Crippen molar-refractivity contribution in [1.82, 2.24) is 24.4 Å². The van der Waals surface area contributed by atoms with Gasteiger partial charge >= 0.3 is 18.0 Å². The fourth-order valence-corrected chi connectivity index (χ4v) is 5.72. The molecule has 14 heteroatoms. The molecule has 1 fully saturated rings. The number of nitrogens with zero attached hydrogens (tertiary/aromatic N) is 6. The lowest BCUT2D eigenvalue weighted by Crippen LogP contribution is -2.59. The zero-order chi connectivity index (χ0) is 34.6. The molecule has 0 radical (unpaired) electrons. The molecule has 10 nitrogen and oxygen atoms in total. The van der Waals surface area contributed by atoms with Crippen molar-refractivity contribution in [2.24, 2.45) is 0 Å². The molecule has 0 saturated carbocycles. The number of aromatic nitrogens is 4. The first kappa shape index (κ1) is 33.6. The first-order valence-electron chi connectivity index (χ1n) is 15.1. The van der Waals surface area contributed by atoms with Gasteiger partial charge in [0.05, 0.1) is 22.7 Å². The Labute approximate surface area is 268 Å². The van der Waals surface area contributed by atoms with Crippen LogP contribution in [0.4, 0.5) is 28.2 Å². The summed E-state index contributed by atoms with van der Waals surface area (Å²) >= 11 is 0. The lowest BCUT2D eigenvalue weighted by atomic mass is 10.0. The summed E-state index contributed by atoms with van der Waals surface area (Å²) < 4.78 is 64.6. The molecule has 5 rings (SSSR count). The highest BCUT2D eigenvalue weighted by Gasteiger charge is 2.41. The van der Waals surface area contributed by atoms with E-state index < -0.39 is 53.1 Å². The Kier molecular flexibility index (Phi) is 8.67. The number of para-hydroxylation sites is 1. The molecular formula is C33H36F4N6O4. The number of carbonyl (C=O) groups is 1. The number of aryl methyl sites for hydroxylation is 1. The van der Waals surface area contributed by atoms with E-state index in [0.717, 1.165) is 17.6 Å². The fraction of sp³-hybridized carbons (Fsp3) is 0.424. The van der Waals surface area contributed by atoms with E-state index in [4.69, 9.17) is 4.74 Å². The molecule has 1 aliphatic heterocycles. The summed E-state index contributed by atoms with van der Waals surface area (Å²) in [5.41, 5.74) is -2.49. The topological polar surface area (TPSA) is 114 Å². The highest BCUT2D eigenvalue weighted by molar-refractivity contribution is 5.91. The number of hydrogen-bond donors (Lipinski definition) is 1. The minimum atomic E-state index is -4.69. The summed E-state index contributed by atoms with van der Waals surface area (Å²) in [6.45, 7) is 11.7. The Morgan fingerprint density at radius 3 is 2.38 bits per heavy atom. The molecule has 1 aliphatic rings. The van der Waals surface area contributed by atoms with Gasteiger partial charge < -0.3 is 19.6 Å². The third kappa shape index (κ3) is 6.45. The Morgan fingerprint density at radius 1 is 1.06 bits per heavy atom. The zero-order valence-corrected chi connectivity index (χ0v) is 27.1. The van der Waals surface area contributed by atoms with Crippen molar-refractivity contribution in [3.63, 3.8) is 0 Å². The van der Waals surface area contributed by atoms with Gasteiger partial charge in [-0.1, -0.05) is 12.1 Å². The monoisotopic (exact) mass is 656 g/mol. The quantitative estimate of drug-likeness (QED) is 0.248. The van der Waals surface area contributed by atoms with Crippen LogP contribution in [0.1, 0.15) is 58.7 Å². The maximum Gasteiger partial charge on any atom is 0.410 e. The first-order chi connectivity index (χ1) is 21.9. The van der Waals surface area contributed by atoms with Crippen molar-refractivity contribution in [3.05, 3.63) is 70.2 Å². The highest BCUT2D eigenvalue weighted by Crippen LogP contribution is 2.39. The van der Waals surface area contributed by atoms with Gasteiger partial charge in [0.15, 0.2) is 11.5 Å². The second kappa shape index (κ2) is 12.1. The molecule has 1 aromatic carbocycles. The van der Waals surface area contributed by atoms with Gasteiger partial charge in [0.2, 0.25) is 0 Å². The number of phenols is 1. The van der Waals surface area contributed by atoms with E-state index in [9.17, 15) is 27.9 Å². The molecule has 4 aromatic rings. The van der Waals surface area contributed by atoms with Crippen molar-refractivity contribution in [2.45, 2.75) is 78.2 Å².